The summed E-state index contributed by atoms with van der Waals surface area (Å²) in [4.78, 5) is 29.8. The molecule has 0 amide bonds. The van der Waals surface area contributed by atoms with Gasteiger partial charge in [-0.2, -0.15) is 0 Å². The van der Waals surface area contributed by atoms with E-state index in [1.807, 2.05) is 16.5 Å². The van der Waals surface area contributed by atoms with E-state index in [4.69, 9.17) is 0 Å². The first-order chi connectivity index (χ1) is 12.8. The topological polar surface area (TPSA) is 116 Å². The van der Waals surface area contributed by atoms with Crippen LogP contribution in [0.15, 0.2) is 18.2 Å². The van der Waals surface area contributed by atoms with E-state index in [1.54, 1.807) is 6.07 Å². The van der Waals surface area contributed by atoms with Crippen molar-refractivity contribution in [3.05, 3.63) is 23.8 Å². The van der Waals surface area contributed by atoms with E-state index in [2.05, 4.69) is 4.98 Å². The molecule has 8 nitrogen and oxygen atoms in total. The van der Waals surface area contributed by atoms with Gasteiger partial charge in [-0.25, -0.2) is 9.78 Å². The summed E-state index contributed by atoms with van der Waals surface area (Å²) in [7, 11) is 1.83. The Kier molecular flexibility index (Phi) is 4.10. The van der Waals surface area contributed by atoms with Crippen LogP contribution in [0.4, 0.5) is 5.95 Å². The monoisotopic (exact) mass is 373 g/mol. The first kappa shape index (κ1) is 17.8. The van der Waals surface area contributed by atoms with Crippen molar-refractivity contribution in [2.24, 2.45) is 18.4 Å². The Morgan fingerprint density at radius 3 is 2.63 bits per heavy atom. The fraction of sp³-hybridized carbons (Fsp3) is 0.526. The minimum Gasteiger partial charge on any atom is -0.481 e. The third kappa shape index (κ3) is 2.93. The zero-order valence-electron chi connectivity index (χ0n) is 15.1. The molecule has 144 valence electrons. The van der Waals surface area contributed by atoms with Crippen molar-refractivity contribution in [1.82, 2.24) is 9.55 Å². The van der Waals surface area contributed by atoms with Crippen molar-refractivity contribution in [3.8, 4) is 0 Å². The third-order valence-corrected chi connectivity index (χ3v) is 5.95. The molecule has 0 radical (unpaired) electrons. The molecule has 1 aromatic carbocycles. The molecule has 0 spiro atoms. The molecule has 1 aliphatic heterocycles. The predicted octanol–water partition coefficient (Wildman–Crippen LogP) is 1.71. The van der Waals surface area contributed by atoms with Crippen LogP contribution >= 0.6 is 0 Å². The number of carbonyl (C=O) groups is 2. The van der Waals surface area contributed by atoms with E-state index in [1.165, 1.54) is 12.1 Å². The molecule has 1 aliphatic carbocycles. The molecule has 2 fully saturated rings. The van der Waals surface area contributed by atoms with Crippen LogP contribution in [0.25, 0.3) is 11.0 Å². The molecule has 2 aliphatic rings. The highest BCUT2D eigenvalue weighted by atomic mass is 16.4. The zero-order valence-corrected chi connectivity index (χ0v) is 15.1. The number of piperidine rings is 1. The van der Waals surface area contributed by atoms with E-state index in [-0.39, 0.29) is 12.1 Å². The number of imidazole rings is 1. The summed E-state index contributed by atoms with van der Waals surface area (Å²) in [6.45, 7) is 0.701. The smallest absolute Gasteiger partial charge is 0.335 e. The number of carboxylic acids is 2. The summed E-state index contributed by atoms with van der Waals surface area (Å²) in [5.74, 6) is -1.01. The van der Waals surface area contributed by atoms with Gasteiger partial charge in [0.25, 0.3) is 0 Å². The number of benzene rings is 1. The maximum Gasteiger partial charge on any atom is 0.335 e. The molecule has 3 N–H and O–H groups in total. The number of aryl methyl sites for hydroxylation is 1. The Morgan fingerprint density at radius 2 is 2.00 bits per heavy atom. The van der Waals surface area contributed by atoms with Crippen LogP contribution in [0.1, 0.15) is 36.0 Å². The molecule has 1 aromatic heterocycles. The van der Waals surface area contributed by atoms with Crippen molar-refractivity contribution in [3.63, 3.8) is 0 Å². The SMILES string of the molecule is Cn1c(N2CC[C@H](O)[C@@](CC3CC3)(C(=O)O)C2)nc2cc(C(=O)O)ccc21. The van der Waals surface area contributed by atoms with Gasteiger partial charge >= 0.3 is 11.9 Å². The van der Waals surface area contributed by atoms with Crippen LogP contribution in [-0.2, 0) is 11.8 Å². The van der Waals surface area contributed by atoms with Crippen LogP contribution in [0, 0.1) is 11.3 Å². The quantitative estimate of drug-likeness (QED) is 0.731. The van der Waals surface area contributed by atoms with Gasteiger partial charge in [-0.1, -0.05) is 12.8 Å². The number of anilines is 1. The fourth-order valence-electron chi connectivity index (χ4n) is 4.19. The average molecular weight is 373 g/mol. The fourth-order valence-corrected chi connectivity index (χ4v) is 4.19. The lowest BCUT2D eigenvalue weighted by molar-refractivity contribution is -0.158. The maximum atomic E-state index is 12.1. The van der Waals surface area contributed by atoms with Gasteiger partial charge in [0.1, 0.15) is 5.41 Å². The van der Waals surface area contributed by atoms with Crippen molar-refractivity contribution in [2.75, 3.05) is 18.0 Å². The van der Waals surface area contributed by atoms with Crippen molar-refractivity contribution >= 4 is 28.9 Å². The van der Waals surface area contributed by atoms with Crippen molar-refractivity contribution in [1.29, 1.82) is 0 Å². The van der Waals surface area contributed by atoms with Crippen molar-refractivity contribution in [2.45, 2.75) is 31.8 Å². The lowest BCUT2D eigenvalue weighted by Gasteiger charge is -2.43. The van der Waals surface area contributed by atoms with Gasteiger partial charge in [-0.15, -0.1) is 0 Å². The largest absolute Gasteiger partial charge is 0.481 e. The maximum absolute atomic E-state index is 12.1. The first-order valence-electron chi connectivity index (χ1n) is 9.18. The van der Waals surface area contributed by atoms with Gasteiger partial charge in [0.2, 0.25) is 5.95 Å². The van der Waals surface area contributed by atoms with Gasteiger partial charge < -0.3 is 24.8 Å². The summed E-state index contributed by atoms with van der Waals surface area (Å²) in [6, 6.07) is 4.77. The number of nitrogens with zero attached hydrogens (tertiary/aromatic N) is 3. The Bertz CT molecular complexity index is 919. The highest BCUT2D eigenvalue weighted by molar-refractivity contribution is 5.93. The number of carboxylic acid groups (broad SMARTS) is 2. The lowest BCUT2D eigenvalue weighted by Crippen LogP contribution is -2.56. The van der Waals surface area contributed by atoms with Crippen LogP contribution in [0.2, 0.25) is 0 Å². The van der Waals surface area contributed by atoms with E-state index < -0.39 is 23.5 Å². The number of rotatable bonds is 5. The van der Waals surface area contributed by atoms with E-state index >= 15 is 0 Å². The second kappa shape index (κ2) is 6.23. The molecular weight excluding hydrogens is 350 g/mol. The summed E-state index contributed by atoms with van der Waals surface area (Å²) in [5.41, 5.74) is 0.310. The van der Waals surface area contributed by atoms with Gasteiger partial charge in [0.15, 0.2) is 0 Å². The van der Waals surface area contributed by atoms with E-state index in [0.717, 1.165) is 18.4 Å². The third-order valence-electron chi connectivity index (χ3n) is 5.95. The molecule has 2 aromatic rings. The number of fused-ring (bicyclic) bond motifs is 1. The minimum absolute atomic E-state index is 0.162. The Morgan fingerprint density at radius 1 is 1.26 bits per heavy atom. The molecular formula is C19H23N3O5. The summed E-state index contributed by atoms with van der Waals surface area (Å²) >= 11 is 0. The second-order valence-corrected chi connectivity index (χ2v) is 7.81. The summed E-state index contributed by atoms with van der Waals surface area (Å²) in [6.07, 6.45) is 2.01. The molecule has 4 rings (SSSR count). The Labute approximate surface area is 156 Å². The zero-order chi connectivity index (χ0) is 19.3. The second-order valence-electron chi connectivity index (χ2n) is 7.81. The van der Waals surface area contributed by atoms with Gasteiger partial charge in [-0.05, 0) is 37.0 Å². The van der Waals surface area contributed by atoms with Gasteiger partial charge in [-0.3, -0.25) is 4.79 Å². The molecule has 8 heteroatoms. The van der Waals surface area contributed by atoms with Crippen LogP contribution in [-0.4, -0.2) is 56.0 Å². The summed E-state index contributed by atoms with van der Waals surface area (Å²) < 4.78 is 1.85. The van der Waals surface area contributed by atoms with E-state index in [0.29, 0.717) is 36.8 Å². The van der Waals surface area contributed by atoms with Crippen LogP contribution in [0.3, 0.4) is 0 Å². The molecule has 27 heavy (non-hydrogen) atoms. The highest BCUT2D eigenvalue weighted by Gasteiger charge is 2.52. The van der Waals surface area contributed by atoms with Gasteiger partial charge in [0, 0.05) is 20.1 Å². The van der Waals surface area contributed by atoms with E-state index in [9.17, 15) is 24.9 Å². The molecule has 0 bridgehead atoms. The number of hydrogen-bond donors (Lipinski definition) is 3. The molecule has 1 saturated carbocycles. The lowest BCUT2D eigenvalue weighted by atomic mass is 9.73. The number of aliphatic hydroxyl groups excluding tert-OH is 1. The normalized spacial score (nSPS) is 25.7. The minimum atomic E-state index is -1.19. The first-order valence-corrected chi connectivity index (χ1v) is 9.18. The average Bonchev–Trinajstić information content (AvgIpc) is 3.38. The van der Waals surface area contributed by atoms with Gasteiger partial charge in [0.05, 0.1) is 22.7 Å². The van der Waals surface area contributed by atoms with Crippen LogP contribution in [0.5, 0.6) is 0 Å². The molecule has 1 saturated heterocycles. The molecule has 2 heterocycles. The Hall–Kier alpha value is -2.61. The number of aromatic nitrogens is 2. The standard InChI is InChI=1S/C19H23N3O5/c1-21-14-5-4-12(16(24)25)8-13(14)20-18(21)22-7-6-15(23)19(10-22,17(26)27)9-11-2-3-11/h4-5,8,11,15,23H,2-3,6-7,9-10H2,1H3,(H,24,25)(H,26,27)/t15-,19-/m0/s1. The number of aliphatic hydroxyl groups is 1. The molecule has 0 unspecified atom stereocenters. The summed E-state index contributed by atoms with van der Waals surface area (Å²) in [5, 5.41) is 29.6. The molecule has 2 atom stereocenters. The Balaban J connectivity index is 1.71. The predicted molar refractivity (Wildman–Crippen MR) is 97.9 cm³/mol. The van der Waals surface area contributed by atoms with Crippen LogP contribution < -0.4 is 4.90 Å². The number of hydrogen-bond acceptors (Lipinski definition) is 5. The number of aliphatic carboxylic acids is 1. The number of aromatic carboxylic acids is 1. The highest BCUT2D eigenvalue weighted by Crippen LogP contribution is 2.45. The van der Waals surface area contributed by atoms with Crippen molar-refractivity contribution < 1.29 is 24.9 Å².